The highest BCUT2D eigenvalue weighted by atomic mass is 16.3. The lowest BCUT2D eigenvalue weighted by Crippen LogP contribution is -2.34. The Morgan fingerprint density at radius 3 is 2.73 bits per heavy atom. The Morgan fingerprint density at radius 1 is 1.31 bits per heavy atom. The average molecular weight is 348 g/mol. The molecule has 1 atom stereocenters. The molecule has 2 aromatic rings. The van der Waals surface area contributed by atoms with Gasteiger partial charge in [-0.25, -0.2) is 0 Å². The van der Waals surface area contributed by atoms with E-state index < -0.39 is 0 Å². The molecular formula is C22H24N2O2. The van der Waals surface area contributed by atoms with E-state index in [1.165, 1.54) is 0 Å². The predicted molar refractivity (Wildman–Crippen MR) is 104 cm³/mol. The van der Waals surface area contributed by atoms with E-state index in [1.807, 2.05) is 38.1 Å². The molecule has 4 heteroatoms. The van der Waals surface area contributed by atoms with E-state index in [2.05, 4.69) is 18.5 Å². The Labute approximate surface area is 154 Å². The van der Waals surface area contributed by atoms with Crippen molar-refractivity contribution >= 4 is 5.91 Å². The zero-order valence-electron chi connectivity index (χ0n) is 15.2. The third-order valence-electron chi connectivity index (χ3n) is 4.91. The Hall–Kier alpha value is -3.01. The van der Waals surface area contributed by atoms with Gasteiger partial charge in [0.15, 0.2) is 0 Å². The van der Waals surface area contributed by atoms with Gasteiger partial charge in [-0.1, -0.05) is 36.9 Å². The van der Waals surface area contributed by atoms with Crippen LogP contribution in [0.1, 0.15) is 38.7 Å². The number of nitrogens with one attached hydrogen (secondary N) is 1. The number of aromatic hydroxyl groups is 1. The second-order valence-corrected chi connectivity index (χ2v) is 6.68. The molecule has 4 nitrogen and oxygen atoms in total. The second kappa shape index (κ2) is 7.08. The van der Waals surface area contributed by atoms with Gasteiger partial charge in [-0.05, 0) is 48.2 Å². The van der Waals surface area contributed by atoms with Gasteiger partial charge in [-0.2, -0.15) is 0 Å². The molecule has 1 aliphatic rings. The molecule has 1 heterocycles. The normalized spacial score (nSPS) is 15.5. The van der Waals surface area contributed by atoms with E-state index in [9.17, 15) is 9.90 Å². The monoisotopic (exact) mass is 348 g/mol. The topological polar surface area (TPSA) is 52.6 Å². The highest BCUT2D eigenvalue weighted by molar-refractivity contribution is 5.98. The summed E-state index contributed by atoms with van der Waals surface area (Å²) < 4.78 is 0. The molecule has 2 aromatic carbocycles. The van der Waals surface area contributed by atoms with E-state index >= 15 is 0 Å². The SMILES string of the molecule is C=CCNC(=C)C1c2ccccc2CN1C(=O)c1cc(C)c(C)cc1O. The Kier molecular flexibility index (Phi) is 4.85. The number of carbonyl (C=O) groups is 1. The maximum Gasteiger partial charge on any atom is 0.258 e. The largest absolute Gasteiger partial charge is 0.507 e. The molecule has 0 radical (unpaired) electrons. The van der Waals surface area contributed by atoms with Crippen molar-refractivity contribution in [1.82, 2.24) is 10.2 Å². The van der Waals surface area contributed by atoms with Crippen LogP contribution in [0.5, 0.6) is 5.75 Å². The number of fused-ring (bicyclic) bond motifs is 1. The van der Waals surface area contributed by atoms with Crippen LogP contribution in [0.2, 0.25) is 0 Å². The molecule has 1 amide bonds. The van der Waals surface area contributed by atoms with Gasteiger partial charge in [0.25, 0.3) is 5.91 Å². The second-order valence-electron chi connectivity index (χ2n) is 6.68. The summed E-state index contributed by atoms with van der Waals surface area (Å²) in [6, 6.07) is 11.1. The number of phenolic OH excluding ortho intramolecular Hbond substituents is 1. The molecule has 0 aliphatic carbocycles. The third kappa shape index (κ3) is 3.10. The lowest BCUT2D eigenvalue weighted by Gasteiger charge is -2.28. The minimum atomic E-state index is -0.278. The minimum Gasteiger partial charge on any atom is -0.507 e. The molecule has 3 rings (SSSR count). The quantitative estimate of drug-likeness (QED) is 0.803. The molecule has 0 bridgehead atoms. The van der Waals surface area contributed by atoms with Crippen molar-refractivity contribution < 1.29 is 9.90 Å². The Bertz CT molecular complexity index is 886. The molecule has 1 unspecified atom stereocenters. The summed E-state index contributed by atoms with van der Waals surface area (Å²) >= 11 is 0. The van der Waals surface area contributed by atoms with Gasteiger partial charge in [-0.3, -0.25) is 4.79 Å². The lowest BCUT2D eigenvalue weighted by atomic mass is 10.0. The lowest BCUT2D eigenvalue weighted by molar-refractivity contribution is 0.0709. The molecule has 0 spiro atoms. The number of hydrogen-bond acceptors (Lipinski definition) is 3. The van der Waals surface area contributed by atoms with Gasteiger partial charge in [-0.15, -0.1) is 6.58 Å². The average Bonchev–Trinajstić information content (AvgIpc) is 3.01. The number of rotatable bonds is 5. The summed E-state index contributed by atoms with van der Waals surface area (Å²) in [6.07, 6.45) is 1.76. The number of hydrogen-bond donors (Lipinski definition) is 2. The first kappa shape index (κ1) is 17.8. The van der Waals surface area contributed by atoms with Gasteiger partial charge in [0, 0.05) is 18.8 Å². The molecular weight excluding hydrogens is 324 g/mol. The first-order valence-corrected chi connectivity index (χ1v) is 8.66. The van der Waals surface area contributed by atoms with Crippen molar-refractivity contribution in [3.05, 3.63) is 89.1 Å². The van der Waals surface area contributed by atoms with Crippen LogP contribution in [0.4, 0.5) is 0 Å². The van der Waals surface area contributed by atoms with Gasteiger partial charge in [0.2, 0.25) is 0 Å². The van der Waals surface area contributed by atoms with Crippen molar-refractivity contribution in [2.45, 2.75) is 26.4 Å². The standard InChI is InChI=1S/C22H24N2O2/c1-5-10-23-16(4)21-18-9-7-6-8-17(18)13-24(21)22(26)19-11-14(2)15(3)12-20(19)25/h5-9,11-12,21,23,25H,1,4,10,13H2,2-3H3. The van der Waals surface area contributed by atoms with E-state index in [0.717, 1.165) is 28.0 Å². The van der Waals surface area contributed by atoms with Crippen LogP contribution in [-0.4, -0.2) is 22.5 Å². The molecule has 0 aromatic heterocycles. The van der Waals surface area contributed by atoms with Crippen molar-refractivity contribution in [2.75, 3.05) is 6.54 Å². The summed E-state index contributed by atoms with van der Waals surface area (Å²) in [5, 5.41) is 13.5. The van der Waals surface area contributed by atoms with Crippen molar-refractivity contribution in [1.29, 1.82) is 0 Å². The molecule has 0 saturated heterocycles. The highest BCUT2D eigenvalue weighted by Crippen LogP contribution is 2.39. The van der Waals surface area contributed by atoms with Crippen LogP contribution in [0, 0.1) is 13.8 Å². The third-order valence-corrected chi connectivity index (χ3v) is 4.91. The van der Waals surface area contributed by atoms with Crippen molar-refractivity contribution in [3.8, 4) is 5.75 Å². The molecule has 26 heavy (non-hydrogen) atoms. The first-order chi connectivity index (χ1) is 12.4. The Balaban J connectivity index is 2.00. The number of phenols is 1. The zero-order chi connectivity index (χ0) is 18.8. The minimum absolute atomic E-state index is 0.0115. The molecule has 0 saturated carbocycles. The van der Waals surface area contributed by atoms with Gasteiger partial charge < -0.3 is 15.3 Å². The summed E-state index contributed by atoms with van der Waals surface area (Å²) in [6.45, 7) is 12.8. The zero-order valence-corrected chi connectivity index (χ0v) is 15.2. The van der Waals surface area contributed by atoms with Crippen LogP contribution < -0.4 is 5.32 Å². The molecule has 2 N–H and O–H groups in total. The fourth-order valence-corrected chi connectivity index (χ4v) is 3.38. The predicted octanol–water partition coefficient (Wildman–Crippen LogP) is 4.00. The Morgan fingerprint density at radius 2 is 2.00 bits per heavy atom. The summed E-state index contributed by atoms with van der Waals surface area (Å²) in [5.41, 5.74) is 5.15. The number of amides is 1. The van der Waals surface area contributed by atoms with E-state index in [0.29, 0.717) is 18.7 Å². The summed E-state index contributed by atoms with van der Waals surface area (Å²) in [7, 11) is 0. The fourth-order valence-electron chi connectivity index (χ4n) is 3.38. The first-order valence-electron chi connectivity index (χ1n) is 8.66. The maximum atomic E-state index is 13.3. The van der Waals surface area contributed by atoms with Crippen LogP contribution in [-0.2, 0) is 6.54 Å². The number of nitrogens with zero attached hydrogens (tertiary/aromatic N) is 1. The highest BCUT2D eigenvalue weighted by Gasteiger charge is 2.36. The molecule has 134 valence electrons. The van der Waals surface area contributed by atoms with Gasteiger partial charge in [0.1, 0.15) is 5.75 Å². The number of benzene rings is 2. The van der Waals surface area contributed by atoms with Crippen LogP contribution in [0.3, 0.4) is 0 Å². The van der Waals surface area contributed by atoms with Crippen LogP contribution in [0.25, 0.3) is 0 Å². The fraction of sp³-hybridized carbons (Fsp3) is 0.227. The summed E-state index contributed by atoms with van der Waals surface area (Å²) in [4.78, 5) is 15.0. The van der Waals surface area contributed by atoms with E-state index in [1.54, 1.807) is 23.1 Å². The van der Waals surface area contributed by atoms with Crippen molar-refractivity contribution in [3.63, 3.8) is 0 Å². The summed E-state index contributed by atoms with van der Waals surface area (Å²) in [5.74, 6) is -0.189. The molecule has 0 fully saturated rings. The van der Waals surface area contributed by atoms with Crippen molar-refractivity contribution in [2.24, 2.45) is 0 Å². The number of carbonyl (C=O) groups excluding carboxylic acids is 1. The number of aryl methyl sites for hydroxylation is 2. The van der Waals surface area contributed by atoms with Crippen LogP contribution in [0.15, 0.2) is 61.3 Å². The smallest absolute Gasteiger partial charge is 0.258 e. The van der Waals surface area contributed by atoms with E-state index in [-0.39, 0.29) is 17.7 Å². The molecule has 1 aliphatic heterocycles. The van der Waals surface area contributed by atoms with E-state index in [4.69, 9.17) is 0 Å². The van der Waals surface area contributed by atoms with Gasteiger partial charge in [0.05, 0.1) is 11.6 Å². The van der Waals surface area contributed by atoms with Gasteiger partial charge >= 0.3 is 0 Å². The van der Waals surface area contributed by atoms with Crippen LogP contribution >= 0.6 is 0 Å². The maximum absolute atomic E-state index is 13.3.